The molecule has 1 heterocycles. The highest BCUT2D eigenvalue weighted by atomic mass is 32.2. The molecule has 18 heavy (non-hydrogen) atoms. The molecule has 0 saturated carbocycles. The first kappa shape index (κ1) is 12.7. The van der Waals surface area contributed by atoms with E-state index in [0.29, 0.717) is 17.1 Å². The van der Waals surface area contributed by atoms with Gasteiger partial charge in [-0.25, -0.2) is 4.85 Å². The molecule has 92 valence electrons. The van der Waals surface area contributed by atoms with E-state index in [1.165, 1.54) is 16.7 Å². The first-order valence-electron chi connectivity index (χ1n) is 5.60. The second-order valence-corrected chi connectivity index (χ2v) is 5.30. The number of nitrogens with one attached hydrogen (secondary N) is 1. The zero-order valence-corrected chi connectivity index (χ0v) is 11.0. The van der Waals surface area contributed by atoms with E-state index < -0.39 is 0 Å². The number of thioether (sulfide) groups is 1. The van der Waals surface area contributed by atoms with Crippen LogP contribution in [-0.4, -0.2) is 16.8 Å². The van der Waals surface area contributed by atoms with E-state index in [9.17, 15) is 4.79 Å². The lowest BCUT2D eigenvalue weighted by Crippen LogP contribution is -2.29. The number of carbonyl (C=O) groups excluding carboxylic acids is 1. The number of carbonyl (C=O) groups is 1. The van der Waals surface area contributed by atoms with Crippen molar-refractivity contribution in [1.29, 1.82) is 5.41 Å². The smallest absolute Gasteiger partial charge is 0.243 e. The molecule has 4 nitrogen and oxygen atoms in total. The van der Waals surface area contributed by atoms with Crippen molar-refractivity contribution >= 4 is 34.2 Å². The predicted octanol–water partition coefficient (Wildman–Crippen LogP) is 3.38. The Balaban J connectivity index is 2.57. The maximum Gasteiger partial charge on any atom is 0.243 e. The molecule has 1 aliphatic heterocycles. The summed E-state index contributed by atoms with van der Waals surface area (Å²) >= 11 is 1.22. The van der Waals surface area contributed by atoms with Gasteiger partial charge in [0.15, 0.2) is 10.9 Å². The summed E-state index contributed by atoms with van der Waals surface area (Å²) in [6.45, 7) is 11.1. The van der Waals surface area contributed by atoms with Gasteiger partial charge in [-0.3, -0.25) is 15.1 Å². The Kier molecular flexibility index (Phi) is 3.39. The highest BCUT2D eigenvalue weighted by Crippen LogP contribution is 2.35. The van der Waals surface area contributed by atoms with E-state index in [-0.39, 0.29) is 17.0 Å². The maximum absolute atomic E-state index is 11.8. The first-order valence-corrected chi connectivity index (χ1v) is 6.59. The van der Waals surface area contributed by atoms with Gasteiger partial charge in [-0.2, -0.15) is 0 Å². The summed E-state index contributed by atoms with van der Waals surface area (Å²) in [6.07, 6.45) is 0. The molecule has 1 saturated heterocycles. The standard InChI is InChI=1S/C13H13N3OS/c1-8(2)10-5-4-9(15-3)6-11(10)16-12(17)7-18-13(16)14/h4-6,8,14H,7H2,1-2H3. The Bertz CT molecular complexity index is 544. The third kappa shape index (κ3) is 2.12. The number of anilines is 1. The number of amides is 1. The Morgan fingerprint density at radius 1 is 1.50 bits per heavy atom. The van der Waals surface area contributed by atoms with Crippen LogP contribution in [0.5, 0.6) is 0 Å². The number of benzene rings is 1. The molecule has 2 rings (SSSR count). The molecule has 1 aromatic rings. The number of hydrogen-bond acceptors (Lipinski definition) is 3. The zero-order valence-electron chi connectivity index (χ0n) is 10.2. The fraction of sp³-hybridized carbons (Fsp3) is 0.308. The molecule has 1 fully saturated rings. The predicted molar refractivity (Wildman–Crippen MR) is 74.5 cm³/mol. The normalized spacial score (nSPS) is 15.3. The second kappa shape index (κ2) is 4.83. The second-order valence-electron chi connectivity index (χ2n) is 4.33. The Morgan fingerprint density at radius 3 is 2.72 bits per heavy atom. The summed E-state index contributed by atoms with van der Waals surface area (Å²) in [4.78, 5) is 16.6. The summed E-state index contributed by atoms with van der Waals surface area (Å²) in [6, 6.07) is 5.32. The van der Waals surface area contributed by atoms with Gasteiger partial charge in [0.05, 0.1) is 12.3 Å². The van der Waals surface area contributed by atoms with Gasteiger partial charge in [0.25, 0.3) is 0 Å². The zero-order chi connectivity index (χ0) is 13.3. The monoisotopic (exact) mass is 259 g/mol. The molecule has 0 atom stereocenters. The molecule has 0 spiro atoms. The van der Waals surface area contributed by atoms with Gasteiger partial charge >= 0.3 is 0 Å². The van der Waals surface area contributed by atoms with Crippen LogP contribution >= 0.6 is 11.8 Å². The Labute approximate surface area is 110 Å². The molecule has 1 aromatic carbocycles. The molecule has 0 radical (unpaired) electrons. The van der Waals surface area contributed by atoms with Crippen molar-refractivity contribution in [3.63, 3.8) is 0 Å². The van der Waals surface area contributed by atoms with Crippen molar-refractivity contribution < 1.29 is 4.79 Å². The Morgan fingerprint density at radius 2 is 2.22 bits per heavy atom. The van der Waals surface area contributed by atoms with E-state index in [1.54, 1.807) is 12.1 Å². The van der Waals surface area contributed by atoms with Gasteiger partial charge < -0.3 is 0 Å². The minimum atomic E-state index is -0.0889. The lowest BCUT2D eigenvalue weighted by Gasteiger charge is -2.21. The molecule has 5 heteroatoms. The van der Waals surface area contributed by atoms with Crippen LogP contribution < -0.4 is 4.90 Å². The van der Waals surface area contributed by atoms with Gasteiger partial charge in [0, 0.05) is 5.69 Å². The highest BCUT2D eigenvalue weighted by Gasteiger charge is 2.30. The quantitative estimate of drug-likeness (QED) is 0.828. The Hall–Kier alpha value is -1.80. The van der Waals surface area contributed by atoms with Crippen molar-refractivity contribution in [3.05, 3.63) is 35.2 Å². The molecular formula is C13H13N3OS. The van der Waals surface area contributed by atoms with Gasteiger partial charge in [-0.15, -0.1) is 0 Å². The fourth-order valence-electron chi connectivity index (χ4n) is 1.90. The highest BCUT2D eigenvalue weighted by molar-refractivity contribution is 8.15. The summed E-state index contributed by atoms with van der Waals surface area (Å²) in [5.74, 6) is 0.457. The number of hydrogen-bond donors (Lipinski definition) is 1. The molecular weight excluding hydrogens is 246 g/mol. The average Bonchev–Trinajstić information content (AvgIpc) is 2.68. The van der Waals surface area contributed by atoms with Crippen LogP contribution in [0.15, 0.2) is 18.2 Å². The SMILES string of the molecule is [C-]#[N+]c1ccc(C(C)C)c(N2C(=N)SCC2=O)c1. The summed E-state index contributed by atoms with van der Waals surface area (Å²) in [5, 5.41) is 8.07. The van der Waals surface area contributed by atoms with Gasteiger partial charge in [-0.1, -0.05) is 37.7 Å². The number of nitrogens with zero attached hydrogens (tertiary/aromatic N) is 2. The lowest BCUT2D eigenvalue weighted by molar-refractivity contribution is -0.115. The van der Waals surface area contributed by atoms with Gasteiger partial charge in [0.1, 0.15) is 0 Å². The molecule has 1 amide bonds. The average molecular weight is 259 g/mol. The van der Waals surface area contributed by atoms with E-state index in [0.717, 1.165) is 5.56 Å². The molecule has 1 aliphatic rings. The molecule has 1 N–H and O–H groups in total. The van der Waals surface area contributed by atoms with Gasteiger partial charge in [0.2, 0.25) is 5.91 Å². The molecule has 0 aromatic heterocycles. The van der Waals surface area contributed by atoms with Crippen molar-refractivity contribution in [2.75, 3.05) is 10.7 Å². The lowest BCUT2D eigenvalue weighted by atomic mass is 10.00. The molecule has 0 aliphatic carbocycles. The molecule has 0 unspecified atom stereocenters. The van der Waals surface area contributed by atoms with Crippen LogP contribution in [0, 0.1) is 12.0 Å². The van der Waals surface area contributed by atoms with Crippen LogP contribution in [0.4, 0.5) is 11.4 Å². The number of amidine groups is 1. The topological polar surface area (TPSA) is 48.5 Å². The molecule has 0 bridgehead atoms. The van der Waals surface area contributed by atoms with E-state index in [4.69, 9.17) is 12.0 Å². The van der Waals surface area contributed by atoms with Crippen molar-refractivity contribution in [3.8, 4) is 0 Å². The maximum atomic E-state index is 11.8. The van der Waals surface area contributed by atoms with Crippen LogP contribution in [0.1, 0.15) is 25.3 Å². The van der Waals surface area contributed by atoms with Crippen molar-refractivity contribution in [2.45, 2.75) is 19.8 Å². The van der Waals surface area contributed by atoms with Gasteiger partial charge in [-0.05, 0) is 17.5 Å². The minimum absolute atomic E-state index is 0.0889. The van der Waals surface area contributed by atoms with Crippen LogP contribution in [-0.2, 0) is 4.79 Å². The summed E-state index contributed by atoms with van der Waals surface area (Å²) in [5.41, 5.74) is 2.16. The largest absolute Gasteiger partial charge is 0.278 e. The van der Waals surface area contributed by atoms with E-state index >= 15 is 0 Å². The summed E-state index contributed by atoms with van der Waals surface area (Å²) < 4.78 is 0. The van der Waals surface area contributed by atoms with E-state index in [1.807, 2.05) is 19.9 Å². The first-order chi connectivity index (χ1) is 8.54. The van der Waals surface area contributed by atoms with Crippen molar-refractivity contribution in [2.24, 2.45) is 0 Å². The minimum Gasteiger partial charge on any atom is -0.278 e. The third-order valence-corrected chi connectivity index (χ3v) is 3.64. The third-order valence-electron chi connectivity index (χ3n) is 2.79. The van der Waals surface area contributed by atoms with Crippen molar-refractivity contribution in [1.82, 2.24) is 0 Å². The van der Waals surface area contributed by atoms with Crippen LogP contribution in [0.25, 0.3) is 4.85 Å². The fourth-order valence-corrected chi connectivity index (χ4v) is 2.62. The summed E-state index contributed by atoms with van der Waals surface area (Å²) in [7, 11) is 0. The number of rotatable bonds is 2. The van der Waals surface area contributed by atoms with Crippen LogP contribution in [0.3, 0.4) is 0 Å². The van der Waals surface area contributed by atoms with E-state index in [2.05, 4.69) is 4.85 Å². The van der Waals surface area contributed by atoms with Crippen LogP contribution in [0.2, 0.25) is 0 Å².